The maximum Gasteiger partial charge on any atom is -0.0160 e. The second kappa shape index (κ2) is 11.6. The molecule has 0 fully saturated rings. The molecule has 1 unspecified atom stereocenters. The lowest BCUT2D eigenvalue weighted by atomic mass is 9.98. The molecule has 1 atom stereocenters. The fraction of sp³-hybridized carbons (Fsp3) is 0.520. The van der Waals surface area contributed by atoms with E-state index in [9.17, 15) is 0 Å². The zero-order chi connectivity index (χ0) is 18.8. The average molecular weight is 369 g/mol. The van der Waals surface area contributed by atoms with Crippen LogP contribution < -0.4 is 10.6 Å². The van der Waals surface area contributed by atoms with Gasteiger partial charge in [-0.05, 0) is 80.4 Å². The number of hydrogen-bond acceptors (Lipinski definition) is 0. The summed E-state index contributed by atoms with van der Waals surface area (Å²) < 4.78 is 0. The molecule has 26 heavy (non-hydrogen) atoms. The van der Waals surface area contributed by atoms with Crippen LogP contribution in [-0.2, 0) is 12.8 Å². The highest BCUT2D eigenvalue weighted by Crippen LogP contribution is 2.38. The van der Waals surface area contributed by atoms with Gasteiger partial charge in [-0.2, -0.15) is 0 Å². The topological polar surface area (TPSA) is 0 Å². The van der Waals surface area contributed by atoms with Gasteiger partial charge in [0.25, 0.3) is 0 Å². The molecule has 0 aliphatic carbocycles. The number of aryl methyl sites for hydroxylation is 2. The lowest BCUT2D eigenvalue weighted by Crippen LogP contribution is -2.21. The van der Waals surface area contributed by atoms with Crippen molar-refractivity contribution in [2.75, 3.05) is 6.16 Å². The maximum absolute atomic E-state index is 2.45. The SMILES string of the molecule is CCCCc1cccc(P(CCCC)c2ccccc2C)c1CCCC. The molecule has 0 saturated carbocycles. The third kappa shape index (κ3) is 5.68. The van der Waals surface area contributed by atoms with E-state index in [0.717, 1.165) is 0 Å². The average Bonchev–Trinajstić information content (AvgIpc) is 2.66. The van der Waals surface area contributed by atoms with Gasteiger partial charge in [0.1, 0.15) is 0 Å². The minimum Gasteiger partial charge on any atom is -0.0654 e. The van der Waals surface area contributed by atoms with Crippen LogP contribution in [0.1, 0.15) is 76.0 Å². The van der Waals surface area contributed by atoms with E-state index >= 15 is 0 Å². The molecule has 0 bridgehead atoms. The smallest absolute Gasteiger partial charge is 0.0160 e. The maximum atomic E-state index is 2.45. The van der Waals surface area contributed by atoms with Crippen molar-refractivity contribution in [1.82, 2.24) is 0 Å². The predicted octanol–water partition coefficient (Wildman–Crippen LogP) is 6.91. The van der Waals surface area contributed by atoms with Gasteiger partial charge in [-0.15, -0.1) is 0 Å². The fourth-order valence-corrected chi connectivity index (χ4v) is 6.66. The van der Waals surface area contributed by atoms with Gasteiger partial charge >= 0.3 is 0 Å². The van der Waals surface area contributed by atoms with Crippen molar-refractivity contribution in [2.24, 2.45) is 0 Å². The van der Waals surface area contributed by atoms with Crippen LogP contribution in [-0.4, -0.2) is 6.16 Å². The highest BCUT2D eigenvalue weighted by Gasteiger charge is 2.20. The van der Waals surface area contributed by atoms with Crippen molar-refractivity contribution < 1.29 is 0 Å². The first-order valence-corrected chi connectivity index (χ1v) is 12.2. The summed E-state index contributed by atoms with van der Waals surface area (Å²) in [7, 11) is -0.246. The third-order valence-corrected chi connectivity index (χ3v) is 8.11. The summed E-state index contributed by atoms with van der Waals surface area (Å²) in [5.41, 5.74) is 4.78. The summed E-state index contributed by atoms with van der Waals surface area (Å²) in [4.78, 5) is 0. The van der Waals surface area contributed by atoms with Crippen molar-refractivity contribution in [1.29, 1.82) is 0 Å². The Morgan fingerprint density at radius 2 is 1.35 bits per heavy atom. The van der Waals surface area contributed by atoms with Crippen LogP contribution in [0.25, 0.3) is 0 Å². The molecule has 0 radical (unpaired) electrons. The third-order valence-electron chi connectivity index (χ3n) is 5.26. The van der Waals surface area contributed by atoms with Crippen molar-refractivity contribution >= 4 is 18.5 Å². The van der Waals surface area contributed by atoms with Gasteiger partial charge in [-0.1, -0.05) is 82.5 Å². The lowest BCUT2D eigenvalue weighted by molar-refractivity contribution is 0.760. The largest absolute Gasteiger partial charge is 0.0654 e. The van der Waals surface area contributed by atoms with E-state index in [4.69, 9.17) is 0 Å². The van der Waals surface area contributed by atoms with E-state index in [2.05, 4.69) is 70.2 Å². The first-order chi connectivity index (χ1) is 12.7. The number of benzene rings is 2. The van der Waals surface area contributed by atoms with Crippen molar-refractivity contribution in [3.05, 3.63) is 59.2 Å². The second-order valence-electron chi connectivity index (χ2n) is 7.41. The van der Waals surface area contributed by atoms with Gasteiger partial charge < -0.3 is 0 Å². The van der Waals surface area contributed by atoms with E-state index in [-0.39, 0.29) is 7.92 Å². The van der Waals surface area contributed by atoms with E-state index in [0.29, 0.717) is 0 Å². The molecular weight excluding hydrogens is 331 g/mol. The fourth-order valence-electron chi connectivity index (χ4n) is 3.67. The Hall–Kier alpha value is -1.13. The van der Waals surface area contributed by atoms with E-state index in [1.807, 2.05) is 0 Å². The molecule has 0 aromatic heterocycles. The molecule has 0 aliphatic heterocycles. The quantitative estimate of drug-likeness (QED) is 0.378. The minimum atomic E-state index is -0.246. The molecule has 0 heterocycles. The van der Waals surface area contributed by atoms with Gasteiger partial charge in [-0.3, -0.25) is 0 Å². The lowest BCUT2D eigenvalue weighted by Gasteiger charge is -2.25. The number of hydrogen-bond donors (Lipinski definition) is 0. The first-order valence-electron chi connectivity index (χ1n) is 10.7. The summed E-state index contributed by atoms with van der Waals surface area (Å²) in [6.45, 7) is 9.23. The Bertz CT molecular complexity index is 659. The first kappa shape index (κ1) is 21.2. The molecule has 0 amide bonds. The molecule has 142 valence electrons. The van der Waals surface area contributed by atoms with Crippen LogP contribution in [0.2, 0.25) is 0 Å². The molecule has 0 saturated heterocycles. The van der Waals surface area contributed by atoms with Crippen LogP contribution in [0.3, 0.4) is 0 Å². The summed E-state index contributed by atoms with van der Waals surface area (Å²) in [5, 5.41) is 3.27. The zero-order valence-electron chi connectivity index (χ0n) is 17.4. The molecule has 2 aromatic rings. The Balaban J connectivity index is 2.49. The zero-order valence-corrected chi connectivity index (χ0v) is 18.2. The van der Waals surface area contributed by atoms with Gasteiger partial charge in [0.2, 0.25) is 0 Å². The standard InChI is InChI=1S/C25H37P/c1-5-8-15-22-16-13-19-25(23(22)17-9-6-2)26(20-10-7-3)24-18-12-11-14-21(24)4/h11-14,16,18-19H,5-10,15,17,20H2,1-4H3. The van der Waals surface area contributed by atoms with Crippen molar-refractivity contribution in [3.63, 3.8) is 0 Å². The number of unbranched alkanes of at least 4 members (excludes halogenated alkanes) is 3. The predicted molar refractivity (Wildman–Crippen MR) is 121 cm³/mol. The van der Waals surface area contributed by atoms with Gasteiger partial charge in [-0.25, -0.2) is 0 Å². The van der Waals surface area contributed by atoms with Crippen LogP contribution in [0.5, 0.6) is 0 Å². The van der Waals surface area contributed by atoms with Crippen LogP contribution in [0.4, 0.5) is 0 Å². The molecular formula is C25H37P. The Labute approximate surface area is 163 Å². The Morgan fingerprint density at radius 3 is 2.04 bits per heavy atom. The molecule has 0 nitrogen and oxygen atoms in total. The van der Waals surface area contributed by atoms with Gasteiger partial charge in [0.05, 0.1) is 0 Å². The highest BCUT2D eigenvalue weighted by molar-refractivity contribution is 7.73. The second-order valence-corrected chi connectivity index (χ2v) is 9.68. The van der Waals surface area contributed by atoms with Gasteiger partial charge in [0, 0.05) is 0 Å². The molecule has 0 N–H and O–H groups in total. The summed E-state index contributed by atoms with van der Waals surface area (Å²) in [5.74, 6) is 0. The minimum absolute atomic E-state index is 0.246. The molecule has 2 rings (SSSR count). The molecule has 0 aliphatic rings. The van der Waals surface area contributed by atoms with Crippen molar-refractivity contribution in [2.45, 2.75) is 79.1 Å². The van der Waals surface area contributed by atoms with Crippen LogP contribution >= 0.6 is 7.92 Å². The number of rotatable bonds is 11. The normalized spacial score (nSPS) is 12.3. The van der Waals surface area contributed by atoms with Crippen LogP contribution in [0.15, 0.2) is 42.5 Å². The van der Waals surface area contributed by atoms with Crippen molar-refractivity contribution in [3.8, 4) is 0 Å². The summed E-state index contributed by atoms with van der Waals surface area (Å²) >= 11 is 0. The van der Waals surface area contributed by atoms with E-state index in [1.165, 1.54) is 63.1 Å². The molecule has 1 heteroatoms. The Kier molecular flexibility index (Phi) is 9.41. The molecule has 0 spiro atoms. The molecule has 2 aromatic carbocycles. The highest BCUT2D eigenvalue weighted by atomic mass is 31.1. The Morgan fingerprint density at radius 1 is 0.692 bits per heavy atom. The van der Waals surface area contributed by atoms with E-state index in [1.54, 1.807) is 21.7 Å². The summed E-state index contributed by atoms with van der Waals surface area (Å²) in [6.07, 6.45) is 11.6. The van der Waals surface area contributed by atoms with E-state index < -0.39 is 0 Å². The monoisotopic (exact) mass is 368 g/mol. The van der Waals surface area contributed by atoms with Gasteiger partial charge in [0.15, 0.2) is 0 Å². The van der Waals surface area contributed by atoms with Crippen LogP contribution in [0, 0.1) is 6.92 Å². The summed E-state index contributed by atoms with van der Waals surface area (Å²) in [6, 6.07) is 16.3.